The lowest BCUT2D eigenvalue weighted by atomic mass is 10.2. The van der Waals surface area contributed by atoms with E-state index in [9.17, 15) is 13.2 Å². The van der Waals surface area contributed by atoms with Crippen LogP contribution in [-0.4, -0.2) is 56.8 Å². The van der Waals surface area contributed by atoms with Crippen molar-refractivity contribution in [1.82, 2.24) is 14.5 Å². The van der Waals surface area contributed by atoms with Crippen molar-refractivity contribution in [3.05, 3.63) is 64.7 Å². The fraction of sp³-hybridized carbons (Fsp3) is 0.409. The minimum atomic E-state index is -3.65. The van der Waals surface area contributed by atoms with Gasteiger partial charge in [0.25, 0.3) is 5.91 Å². The normalized spacial score (nSPS) is 11.8. The summed E-state index contributed by atoms with van der Waals surface area (Å²) in [6, 6.07) is 14.4. The van der Waals surface area contributed by atoms with Gasteiger partial charge in [-0.1, -0.05) is 55.8 Å². The Morgan fingerprint density at radius 1 is 1.07 bits per heavy atom. The minimum absolute atomic E-state index is 0.0725. The number of hydrogen-bond acceptors (Lipinski definition) is 4. The SMILES string of the molecule is CCN(CC)S(=O)(=O)c1ccc(Cl)c(C(=O)NCCCN(C)Cc2ccccc2)c1. The molecule has 0 fully saturated rings. The molecule has 0 aromatic heterocycles. The first kappa shape index (κ1) is 24.3. The smallest absolute Gasteiger partial charge is 0.252 e. The van der Waals surface area contributed by atoms with E-state index in [-0.39, 0.29) is 21.4 Å². The molecule has 2 aromatic rings. The maximum absolute atomic E-state index is 12.7. The topological polar surface area (TPSA) is 69.7 Å². The zero-order valence-corrected chi connectivity index (χ0v) is 19.3. The molecule has 0 unspecified atom stereocenters. The first-order valence-electron chi connectivity index (χ1n) is 10.1. The van der Waals surface area contributed by atoms with Crippen molar-refractivity contribution in [3.63, 3.8) is 0 Å². The maximum Gasteiger partial charge on any atom is 0.252 e. The molecule has 1 N–H and O–H groups in total. The molecule has 164 valence electrons. The lowest BCUT2D eigenvalue weighted by Crippen LogP contribution is -2.31. The number of nitrogens with zero attached hydrogens (tertiary/aromatic N) is 2. The van der Waals surface area contributed by atoms with E-state index in [1.807, 2.05) is 25.2 Å². The molecule has 0 heterocycles. The van der Waals surface area contributed by atoms with E-state index in [2.05, 4.69) is 22.3 Å². The third-order valence-electron chi connectivity index (χ3n) is 4.82. The van der Waals surface area contributed by atoms with Gasteiger partial charge in [-0.15, -0.1) is 0 Å². The van der Waals surface area contributed by atoms with Crippen LogP contribution in [0.3, 0.4) is 0 Å². The molecule has 1 amide bonds. The number of amides is 1. The number of sulfonamides is 1. The zero-order valence-electron chi connectivity index (χ0n) is 17.8. The Balaban J connectivity index is 1.93. The highest BCUT2D eigenvalue weighted by Crippen LogP contribution is 2.23. The molecule has 0 spiro atoms. The quantitative estimate of drug-likeness (QED) is 0.530. The first-order chi connectivity index (χ1) is 14.3. The third-order valence-corrected chi connectivity index (χ3v) is 7.20. The lowest BCUT2D eigenvalue weighted by molar-refractivity contribution is 0.0952. The Morgan fingerprint density at radius 2 is 1.73 bits per heavy atom. The maximum atomic E-state index is 12.7. The van der Waals surface area contributed by atoms with E-state index in [1.54, 1.807) is 13.8 Å². The monoisotopic (exact) mass is 451 g/mol. The van der Waals surface area contributed by atoms with Gasteiger partial charge < -0.3 is 10.2 Å². The molecule has 0 bridgehead atoms. The molecule has 0 saturated heterocycles. The Hall–Kier alpha value is -1.93. The minimum Gasteiger partial charge on any atom is -0.352 e. The predicted molar refractivity (Wildman–Crippen MR) is 121 cm³/mol. The van der Waals surface area contributed by atoms with Gasteiger partial charge in [0.05, 0.1) is 15.5 Å². The molecule has 2 aromatic carbocycles. The number of rotatable bonds is 11. The summed E-state index contributed by atoms with van der Waals surface area (Å²) in [7, 11) is -1.62. The molecule has 0 atom stereocenters. The Bertz CT molecular complexity index is 932. The van der Waals surface area contributed by atoms with Crippen LogP contribution in [0.15, 0.2) is 53.4 Å². The Morgan fingerprint density at radius 3 is 2.37 bits per heavy atom. The fourth-order valence-electron chi connectivity index (χ4n) is 3.17. The van der Waals surface area contributed by atoms with Crippen molar-refractivity contribution >= 4 is 27.5 Å². The van der Waals surface area contributed by atoms with E-state index >= 15 is 0 Å². The molecule has 2 rings (SSSR count). The van der Waals surface area contributed by atoms with Crippen LogP contribution in [0.4, 0.5) is 0 Å². The fourth-order valence-corrected chi connectivity index (χ4v) is 4.86. The summed E-state index contributed by atoms with van der Waals surface area (Å²) in [5.41, 5.74) is 1.41. The summed E-state index contributed by atoms with van der Waals surface area (Å²) in [5, 5.41) is 3.07. The van der Waals surface area contributed by atoms with Gasteiger partial charge in [-0.25, -0.2) is 8.42 Å². The number of nitrogens with one attached hydrogen (secondary N) is 1. The second-order valence-electron chi connectivity index (χ2n) is 7.06. The van der Waals surface area contributed by atoms with Gasteiger partial charge in [0.15, 0.2) is 0 Å². The highest BCUT2D eigenvalue weighted by Gasteiger charge is 2.23. The van der Waals surface area contributed by atoms with E-state index < -0.39 is 10.0 Å². The number of hydrogen-bond donors (Lipinski definition) is 1. The third kappa shape index (κ3) is 6.54. The van der Waals surface area contributed by atoms with Crippen LogP contribution in [0.2, 0.25) is 5.02 Å². The molecule has 6 nitrogen and oxygen atoms in total. The molecule has 8 heteroatoms. The van der Waals surface area contributed by atoms with Crippen LogP contribution in [0.25, 0.3) is 0 Å². The summed E-state index contributed by atoms with van der Waals surface area (Å²) >= 11 is 6.16. The largest absolute Gasteiger partial charge is 0.352 e. The van der Waals surface area contributed by atoms with Crippen molar-refractivity contribution in [3.8, 4) is 0 Å². The molecule has 0 aliphatic rings. The van der Waals surface area contributed by atoms with Crippen LogP contribution < -0.4 is 5.32 Å². The zero-order chi connectivity index (χ0) is 22.1. The van der Waals surface area contributed by atoms with Gasteiger partial charge in [-0.05, 0) is 43.8 Å². The number of benzene rings is 2. The molecule has 0 saturated carbocycles. The molecule has 30 heavy (non-hydrogen) atoms. The molecule has 0 aliphatic carbocycles. The van der Waals surface area contributed by atoms with Gasteiger partial charge in [-0.2, -0.15) is 4.31 Å². The molecular weight excluding hydrogens is 422 g/mol. The highest BCUT2D eigenvalue weighted by atomic mass is 35.5. The van der Waals surface area contributed by atoms with Gasteiger partial charge in [0.1, 0.15) is 0 Å². The highest BCUT2D eigenvalue weighted by molar-refractivity contribution is 7.89. The first-order valence-corrected chi connectivity index (χ1v) is 11.9. The number of carbonyl (C=O) groups is 1. The lowest BCUT2D eigenvalue weighted by Gasteiger charge is -2.19. The average molecular weight is 452 g/mol. The summed E-state index contributed by atoms with van der Waals surface area (Å²) in [6.07, 6.45) is 0.768. The summed E-state index contributed by atoms with van der Waals surface area (Å²) in [6.45, 7) is 6.41. The van der Waals surface area contributed by atoms with E-state index in [1.165, 1.54) is 28.1 Å². The summed E-state index contributed by atoms with van der Waals surface area (Å²) < 4.78 is 26.8. The molecule has 0 radical (unpaired) electrons. The number of halogens is 1. The average Bonchev–Trinajstić information content (AvgIpc) is 2.72. The predicted octanol–water partition coefficient (Wildman–Crippen LogP) is 3.62. The van der Waals surface area contributed by atoms with E-state index in [4.69, 9.17) is 11.6 Å². The Kier molecular flexibility index (Phi) is 9.30. The standard InChI is InChI=1S/C22H30ClN3O3S/c1-4-26(5-2)30(28,29)19-12-13-21(23)20(16-19)22(27)24-14-9-15-25(3)17-18-10-7-6-8-11-18/h6-8,10-13,16H,4-5,9,14-15,17H2,1-3H3,(H,24,27). The van der Waals surface area contributed by atoms with Crippen molar-refractivity contribution in [1.29, 1.82) is 0 Å². The van der Waals surface area contributed by atoms with E-state index in [0.717, 1.165) is 19.5 Å². The van der Waals surface area contributed by atoms with Gasteiger partial charge in [-0.3, -0.25) is 4.79 Å². The van der Waals surface area contributed by atoms with E-state index in [0.29, 0.717) is 19.6 Å². The van der Waals surface area contributed by atoms with Crippen LogP contribution >= 0.6 is 11.6 Å². The van der Waals surface area contributed by atoms with Crippen LogP contribution in [0, 0.1) is 0 Å². The van der Waals surface area contributed by atoms with Crippen LogP contribution in [0.1, 0.15) is 36.2 Å². The second-order valence-corrected chi connectivity index (χ2v) is 9.41. The van der Waals surface area contributed by atoms with Gasteiger partial charge in [0, 0.05) is 26.2 Å². The van der Waals surface area contributed by atoms with Crippen molar-refractivity contribution < 1.29 is 13.2 Å². The summed E-state index contributed by atoms with van der Waals surface area (Å²) in [4.78, 5) is 14.8. The van der Waals surface area contributed by atoms with Crippen molar-refractivity contribution in [2.24, 2.45) is 0 Å². The van der Waals surface area contributed by atoms with Gasteiger partial charge in [0.2, 0.25) is 10.0 Å². The second kappa shape index (κ2) is 11.5. The molecular formula is C22H30ClN3O3S. The summed E-state index contributed by atoms with van der Waals surface area (Å²) in [5.74, 6) is -0.373. The number of carbonyl (C=O) groups excluding carboxylic acids is 1. The van der Waals surface area contributed by atoms with Crippen molar-refractivity contribution in [2.45, 2.75) is 31.7 Å². The Labute approximate surface area is 184 Å². The van der Waals surface area contributed by atoms with Crippen LogP contribution in [-0.2, 0) is 16.6 Å². The molecule has 0 aliphatic heterocycles. The van der Waals surface area contributed by atoms with Crippen molar-refractivity contribution in [2.75, 3.05) is 33.2 Å². The van der Waals surface area contributed by atoms with Gasteiger partial charge >= 0.3 is 0 Å². The van der Waals surface area contributed by atoms with Crippen LogP contribution in [0.5, 0.6) is 0 Å².